The van der Waals surface area contributed by atoms with E-state index in [1.807, 2.05) is 22.7 Å². The lowest BCUT2D eigenvalue weighted by molar-refractivity contribution is -0.0393. The molecule has 102 heavy (non-hydrogen) atoms. The monoisotopic (exact) mass is 1340 g/mol. The van der Waals surface area contributed by atoms with Crippen LogP contribution in [0.5, 0.6) is 0 Å². The van der Waals surface area contributed by atoms with Crippen molar-refractivity contribution in [2.75, 3.05) is 0 Å². The zero-order valence-corrected chi connectivity index (χ0v) is 57.9. The number of thiophene rings is 2. The second-order valence-corrected chi connectivity index (χ2v) is 33.8. The number of hydrogen-bond acceptors (Lipinski definition) is 8. The summed E-state index contributed by atoms with van der Waals surface area (Å²) in [5.74, 6) is 10.0. The summed E-state index contributed by atoms with van der Waals surface area (Å²) in [6, 6.07) is 91.2. The van der Waals surface area contributed by atoms with Crippen LogP contribution < -0.4 is 0 Å². The Morgan fingerprint density at radius 1 is 0.245 bits per heavy atom. The van der Waals surface area contributed by atoms with Crippen molar-refractivity contribution in [2.45, 2.75) is 75.0 Å². The third kappa shape index (κ3) is 8.00. The Labute approximate surface area is 599 Å². The van der Waals surface area contributed by atoms with Crippen molar-refractivity contribution >= 4 is 84.6 Å². The molecule has 0 saturated heterocycles. The summed E-state index contributed by atoms with van der Waals surface area (Å²) in [5, 5.41) is 10.4. The van der Waals surface area contributed by atoms with Gasteiger partial charge in [0, 0.05) is 84.6 Å². The molecule has 4 aromatic heterocycles. The van der Waals surface area contributed by atoms with Crippen LogP contribution in [0.25, 0.3) is 164 Å². The number of rotatable bonds is 7. The molecule has 8 bridgehead atoms. The Morgan fingerprint density at radius 3 is 1.27 bits per heavy atom. The Balaban J connectivity index is 0.598. The minimum atomic E-state index is -0.0997. The van der Waals surface area contributed by atoms with Gasteiger partial charge in [0.2, 0.25) is 0 Å². The van der Waals surface area contributed by atoms with Crippen LogP contribution in [-0.4, -0.2) is 29.9 Å². The molecule has 0 atom stereocenters. The van der Waals surface area contributed by atoms with Crippen LogP contribution in [0.2, 0.25) is 0 Å². The molecule has 0 N–H and O–H groups in total. The Bertz CT molecular complexity index is 6270. The van der Waals surface area contributed by atoms with Gasteiger partial charge in [0.15, 0.2) is 34.9 Å². The van der Waals surface area contributed by atoms with E-state index < -0.39 is 0 Å². The van der Waals surface area contributed by atoms with E-state index in [0.717, 1.165) is 68.7 Å². The lowest BCUT2D eigenvalue weighted by Crippen LogP contribution is -2.55. The van der Waals surface area contributed by atoms with Crippen molar-refractivity contribution < 1.29 is 0 Å². The Kier molecular flexibility index (Phi) is 11.9. The van der Waals surface area contributed by atoms with Crippen LogP contribution >= 0.6 is 22.7 Å². The molecule has 0 amide bonds. The van der Waals surface area contributed by atoms with Gasteiger partial charge in [-0.05, 0) is 243 Å². The number of aromatic nitrogens is 6. The summed E-state index contributed by atoms with van der Waals surface area (Å²) in [6.07, 6.45) is 13.3. The second kappa shape index (κ2) is 21.1. The first-order valence-electron chi connectivity index (χ1n) is 37.3. The molecule has 8 fully saturated rings. The van der Waals surface area contributed by atoms with Gasteiger partial charge in [0.1, 0.15) is 0 Å². The molecule has 8 heteroatoms. The molecule has 0 unspecified atom stereocenters. The van der Waals surface area contributed by atoms with Crippen molar-refractivity contribution in [1.29, 1.82) is 0 Å². The van der Waals surface area contributed by atoms with Gasteiger partial charge in [0.05, 0.1) is 0 Å². The van der Waals surface area contributed by atoms with E-state index in [4.69, 9.17) is 29.9 Å². The zero-order valence-electron chi connectivity index (χ0n) is 56.3. The molecule has 12 aromatic carbocycles. The fraction of sp³-hybridized carbons (Fsp3) is 0.213. The van der Waals surface area contributed by atoms with E-state index >= 15 is 0 Å². The zero-order chi connectivity index (χ0) is 66.3. The molecule has 4 heterocycles. The van der Waals surface area contributed by atoms with Crippen LogP contribution in [0.1, 0.15) is 86.5 Å². The van der Waals surface area contributed by atoms with E-state index in [2.05, 4.69) is 243 Å². The van der Waals surface area contributed by atoms with Crippen molar-refractivity contribution in [2.24, 2.45) is 47.3 Å². The average Bonchev–Trinajstić information content (AvgIpc) is 1.49. The number of fused-ring (bicyclic) bond motifs is 16. The molecule has 26 rings (SSSR count). The van der Waals surface area contributed by atoms with Gasteiger partial charge >= 0.3 is 0 Å². The molecule has 8 saturated carbocycles. The van der Waals surface area contributed by atoms with Gasteiger partial charge in [-0.2, -0.15) is 0 Å². The quantitative estimate of drug-likeness (QED) is 0.158. The van der Waals surface area contributed by atoms with Gasteiger partial charge in [0.25, 0.3) is 0 Å². The topological polar surface area (TPSA) is 77.3 Å². The lowest BCUT2D eigenvalue weighted by Gasteiger charge is -2.61. The van der Waals surface area contributed by atoms with E-state index in [1.165, 1.54) is 171 Å². The van der Waals surface area contributed by atoms with Crippen LogP contribution in [0.4, 0.5) is 0 Å². The standard InChI is InChI=1S/C94H68N6S2/c1-3-13-56(14-4-1)87-95-89(98-90(96-87)62-26-30-70-73-33-22-55-12-7-8-17-68(55)85(73)93(78(70)48-62)64-38-51-36-52(40-64)41-65(93)39-51)61-28-35-81-77(47-61)72-32-24-59(50-83(72)102-81)58-23-29-69-60(46-58)25-34-74-71-31-27-63(49-79(71)94(86(69)74)66-42-53-37-54(44-66)45-67(94)43-53)91-97-88(57-15-5-2-6-16-57)99-92(100-91)76-19-11-21-82-84(76)75-18-9-10-20-80(75)101-82/h1-35,46-54,64-67H,36-45H2. The maximum absolute atomic E-state index is 5.51. The number of nitrogens with zero attached hydrogens (tertiary/aromatic N) is 6. The SMILES string of the molecule is c1ccc(-c2nc(-c3ccc4c(c3)C3(c5c-4ccc4ccccc54)C4CC5CC(C4)CC3C5)nc(-c3ccc4sc5cc(-c6ccc7c8c(ccc7c6)-c6ccc(-c7nc(-c9ccccc9)nc(-c9cccc%10sc%11ccccc%11c9%10)n7)cc6C86C7CC8CC(C7)CC6C8)ccc5c4c3)n2)cc1. The minimum absolute atomic E-state index is 0.0126. The Morgan fingerprint density at radius 2 is 0.676 bits per heavy atom. The van der Waals surface area contributed by atoms with E-state index in [1.54, 1.807) is 11.1 Å². The van der Waals surface area contributed by atoms with Gasteiger partial charge in [-0.25, -0.2) is 29.9 Å². The fourth-order valence-electron chi connectivity index (χ4n) is 23.2. The molecule has 0 radical (unpaired) electrons. The van der Waals surface area contributed by atoms with Crippen LogP contribution in [0.15, 0.2) is 243 Å². The van der Waals surface area contributed by atoms with E-state index in [9.17, 15) is 0 Å². The molecular weight excluding hydrogens is 1280 g/mol. The van der Waals surface area contributed by atoms with Crippen LogP contribution in [0, 0.1) is 47.3 Å². The lowest BCUT2D eigenvalue weighted by atomic mass is 9.43. The first-order chi connectivity index (χ1) is 50.4. The Hall–Kier alpha value is -10.4. The summed E-state index contributed by atoms with van der Waals surface area (Å²) in [5.41, 5.74) is 20.3. The van der Waals surface area contributed by atoms with E-state index in [-0.39, 0.29) is 10.8 Å². The second-order valence-electron chi connectivity index (χ2n) is 31.6. The van der Waals surface area contributed by atoms with Crippen LogP contribution in [-0.2, 0) is 10.8 Å². The molecule has 2 spiro atoms. The first-order valence-corrected chi connectivity index (χ1v) is 38.9. The number of benzene rings is 12. The highest BCUT2D eigenvalue weighted by molar-refractivity contribution is 7.26. The summed E-state index contributed by atoms with van der Waals surface area (Å²) in [4.78, 5) is 32.5. The molecule has 6 nitrogen and oxygen atoms in total. The normalized spacial score (nSPS) is 24.4. The van der Waals surface area contributed by atoms with Crippen molar-refractivity contribution in [3.63, 3.8) is 0 Å². The average molecular weight is 1350 g/mol. The van der Waals surface area contributed by atoms with Crippen LogP contribution in [0.3, 0.4) is 0 Å². The number of hydrogen-bond donors (Lipinski definition) is 0. The summed E-state index contributed by atoms with van der Waals surface area (Å²) >= 11 is 3.71. The third-order valence-corrected chi connectivity index (χ3v) is 29.0. The molecule has 486 valence electrons. The maximum atomic E-state index is 5.51. The largest absolute Gasteiger partial charge is 0.208 e. The highest BCUT2D eigenvalue weighted by Crippen LogP contribution is 2.72. The predicted octanol–water partition coefficient (Wildman–Crippen LogP) is 24.2. The summed E-state index contributed by atoms with van der Waals surface area (Å²) < 4.78 is 5.04. The molecule has 10 aliphatic carbocycles. The smallest absolute Gasteiger partial charge is 0.164 e. The van der Waals surface area contributed by atoms with Gasteiger partial charge in [-0.1, -0.05) is 188 Å². The van der Waals surface area contributed by atoms with Gasteiger partial charge < -0.3 is 0 Å². The maximum Gasteiger partial charge on any atom is 0.164 e. The highest BCUT2D eigenvalue weighted by atomic mass is 32.1. The third-order valence-electron chi connectivity index (χ3n) is 26.7. The van der Waals surface area contributed by atoms with Gasteiger partial charge in [-0.15, -0.1) is 22.7 Å². The first kappa shape index (κ1) is 57.3. The fourth-order valence-corrected chi connectivity index (χ4v) is 25.5. The van der Waals surface area contributed by atoms with E-state index in [0.29, 0.717) is 47.0 Å². The van der Waals surface area contributed by atoms with Gasteiger partial charge in [-0.3, -0.25) is 0 Å². The molecule has 10 aliphatic rings. The van der Waals surface area contributed by atoms with Crippen molar-refractivity contribution in [3.8, 4) is 102 Å². The summed E-state index contributed by atoms with van der Waals surface area (Å²) in [6.45, 7) is 0. The molecule has 0 aliphatic heterocycles. The predicted molar refractivity (Wildman–Crippen MR) is 419 cm³/mol. The van der Waals surface area contributed by atoms with Crippen molar-refractivity contribution in [3.05, 3.63) is 265 Å². The molecule has 16 aromatic rings. The molecular formula is C94H68N6S2. The minimum Gasteiger partial charge on any atom is -0.208 e. The summed E-state index contributed by atoms with van der Waals surface area (Å²) in [7, 11) is 0. The van der Waals surface area contributed by atoms with Crippen molar-refractivity contribution in [1.82, 2.24) is 29.9 Å². The highest BCUT2D eigenvalue weighted by Gasteiger charge is 2.64.